The number of nitrogens with zero attached hydrogens (tertiary/aromatic N) is 1. The summed E-state index contributed by atoms with van der Waals surface area (Å²) in [5.41, 5.74) is 6.17. The van der Waals surface area contributed by atoms with Crippen LogP contribution in [0.2, 0.25) is 0 Å². The molecular formula is C22H26N2O6S. The van der Waals surface area contributed by atoms with Gasteiger partial charge in [0.1, 0.15) is 17.9 Å². The highest BCUT2D eigenvalue weighted by Crippen LogP contribution is 2.27. The van der Waals surface area contributed by atoms with E-state index >= 15 is 0 Å². The minimum atomic E-state index is -3.73. The summed E-state index contributed by atoms with van der Waals surface area (Å²) in [6, 6.07) is 10.6. The van der Waals surface area contributed by atoms with Crippen molar-refractivity contribution >= 4 is 21.9 Å². The number of benzene rings is 2. The van der Waals surface area contributed by atoms with Gasteiger partial charge in [0.15, 0.2) is 0 Å². The van der Waals surface area contributed by atoms with E-state index in [1.54, 1.807) is 18.2 Å². The van der Waals surface area contributed by atoms with Gasteiger partial charge in [0.2, 0.25) is 15.9 Å². The van der Waals surface area contributed by atoms with E-state index in [2.05, 4.69) is 0 Å². The molecule has 1 fully saturated rings. The molecule has 0 saturated carbocycles. The Morgan fingerprint density at radius 1 is 1.03 bits per heavy atom. The Kier molecular flexibility index (Phi) is 7.29. The number of amides is 1. The lowest BCUT2D eigenvalue weighted by molar-refractivity contribution is 0.0468. The number of primary amides is 1. The zero-order valence-electron chi connectivity index (χ0n) is 17.4. The molecule has 166 valence electrons. The second-order valence-corrected chi connectivity index (χ2v) is 9.26. The Morgan fingerprint density at radius 3 is 2.39 bits per heavy atom. The quantitative estimate of drug-likeness (QED) is 0.654. The van der Waals surface area contributed by atoms with Gasteiger partial charge in [0, 0.05) is 18.7 Å². The van der Waals surface area contributed by atoms with Crippen molar-refractivity contribution in [3.05, 3.63) is 59.2 Å². The minimum Gasteiger partial charge on any atom is -0.496 e. The predicted molar refractivity (Wildman–Crippen MR) is 114 cm³/mol. The zero-order valence-corrected chi connectivity index (χ0v) is 18.2. The molecule has 1 saturated heterocycles. The van der Waals surface area contributed by atoms with Crippen LogP contribution in [-0.4, -0.2) is 44.8 Å². The van der Waals surface area contributed by atoms with Crippen LogP contribution in [0.1, 0.15) is 52.0 Å². The lowest BCUT2D eigenvalue weighted by Gasteiger charge is -2.20. The maximum Gasteiger partial charge on any atom is 0.342 e. The molecule has 31 heavy (non-hydrogen) atoms. The summed E-state index contributed by atoms with van der Waals surface area (Å²) in [7, 11) is -2.34. The smallest absolute Gasteiger partial charge is 0.342 e. The van der Waals surface area contributed by atoms with E-state index in [0.29, 0.717) is 24.2 Å². The number of esters is 1. The fourth-order valence-corrected chi connectivity index (χ4v) is 5.02. The predicted octanol–water partition coefficient (Wildman–Crippen LogP) is 2.72. The molecule has 0 radical (unpaired) electrons. The van der Waals surface area contributed by atoms with Crippen molar-refractivity contribution in [1.29, 1.82) is 0 Å². The van der Waals surface area contributed by atoms with E-state index in [1.165, 1.54) is 35.7 Å². The fraction of sp³-hybridized carbons (Fsp3) is 0.364. The van der Waals surface area contributed by atoms with Crippen molar-refractivity contribution in [3.63, 3.8) is 0 Å². The first-order valence-corrected chi connectivity index (χ1v) is 11.5. The molecule has 1 aliphatic heterocycles. The van der Waals surface area contributed by atoms with E-state index < -0.39 is 21.9 Å². The molecule has 0 bridgehead atoms. The summed E-state index contributed by atoms with van der Waals surface area (Å²) in [6.07, 6.45) is 3.63. The molecule has 0 unspecified atom stereocenters. The van der Waals surface area contributed by atoms with Gasteiger partial charge in [-0.3, -0.25) is 4.79 Å². The van der Waals surface area contributed by atoms with Crippen molar-refractivity contribution in [1.82, 2.24) is 4.31 Å². The molecule has 3 rings (SSSR count). The number of hydrogen-bond donors (Lipinski definition) is 1. The van der Waals surface area contributed by atoms with Gasteiger partial charge in [0.05, 0.1) is 12.0 Å². The largest absolute Gasteiger partial charge is 0.496 e. The van der Waals surface area contributed by atoms with Gasteiger partial charge in [-0.15, -0.1) is 0 Å². The van der Waals surface area contributed by atoms with Crippen LogP contribution < -0.4 is 10.5 Å². The number of nitrogens with two attached hydrogens (primary N) is 1. The van der Waals surface area contributed by atoms with Crippen molar-refractivity contribution in [2.24, 2.45) is 5.73 Å². The maximum atomic E-state index is 13.1. The summed E-state index contributed by atoms with van der Waals surface area (Å²) in [5, 5.41) is 0. The van der Waals surface area contributed by atoms with Gasteiger partial charge in [-0.2, -0.15) is 4.31 Å². The molecule has 0 atom stereocenters. The lowest BCUT2D eigenvalue weighted by Crippen LogP contribution is -2.32. The summed E-state index contributed by atoms with van der Waals surface area (Å²) in [6.45, 7) is 0.820. The Morgan fingerprint density at radius 2 is 1.74 bits per heavy atom. The fourth-order valence-electron chi connectivity index (χ4n) is 3.48. The van der Waals surface area contributed by atoms with Crippen LogP contribution in [0.3, 0.4) is 0 Å². The van der Waals surface area contributed by atoms with E-state index in [-0.39, 0.29) is 22.8 Å². The third-order valence-electron chi connectivity index (χ3n) is 5.18. The molecule has 1 aliphatic rings. The second kappa shape index (κ2) is 9.93. The van der Waals surface area contributed by atoms with Crippen LogP contribution >= 0.6 is 0 Å². The summed E-state index contributed by atoms with van der Waals surface area (Å²) >= 11 is 0. The van der Waals surface area contributed by atoms with Crippen molar-refractivity contribution in [3.8, 4) is 5.75 Å². The SMILES string of the molecule is COc1ccc(S(=O)(=O)N2CCCCCC2)cc1C(=O)OCc1cccc(C(N)=O)c1. The summed E-state index contributed by atoms with van der Waals surface area (Å²) in [4.78, 5) is 24.1. The van der Waals surface area contributed by atoms with Crippen LogP contribution in [0, 0.1) is 0 Å². The van der Waals surface area contributed by atoms with E-state index in [4.69, 9.17) is 15.2 Å². The molecule has 2 N–H and O–H groups in total. The first-order chi connectivity index (χ1) is 14.8. The third kappa shape index (κ3) is 5.42. The van der Waals surface area contributed by atoms with E-state index in [1.807, 2.05) is 0 Å². The molecule has 9 heteroatoms. The second-order valence-electron chi connectivity index (χ2n) is 7.32. The topological polar surface area (TPSA) is 116 Å². The average Bonchev–Trinajstić information content (AvgIpc) is 3.07. The number of rotatable bonds is 7. The molecule has 0 spiro atoms. The van der Waals surface area contributed by atoms with Gasteiger partial charge < -0.3 is 15.2 Å². The standard InChI is InChI=1S/C22H26N2O6S/c1-29-20-10-9-18(31(27,28)24-11-4-2-3-5-12-24)14-19(20)22(26)30-15-16-7-6-8-17(13-16)21(23)25/h6-10,13-14H,2-5,11-12,15H2,1H3,(H2,23,25). The molecule has 2 aromatic rings. The Hall–Kier alpha value is -2.91. The summed E-state index contributed by atoms with van der Waals surface area (Å²) < 4.78 is 38.2. The highest BCUT2D eigenvalue weighted by atomic mass is 32.2. The third-order valence-corrected chi connectivity index (χ3v) is 7.07. The van der Waals surface area contributed by atoms with E-state index in [0.717, 1.165) is 25.7 Å². The van der Waals surface area contributed by atoms with Crippen LogP contribution in [0.5, 0.6) is 5.75 Å². The van der Waals surface area contributed by atoms with Crippen molar-refractivity contribution in [2.45, 2.75) is 37.2 Å². The first-order valence-electron chi connectivity index (χ1n) is 10.1. The Labute approximate surface area is 182 Å². The molecule has 0 aromatic heterocycles. The van der Waals surface area contributed by atoms with Crippen LogP contribution in [0.15, 0.2) is 47.4 Å². The molecule has 1 amide bonds. The van der Waals surface area contributed by atoms with Gasteiger partial charge in [0.25, 0.3) is 0 Å². The average molecular weight is 447 g/mol. The number of hydrogen-bond acceptors (Lipinski definition) is 6. The van der Waals surface area contributed by atoms with Crippen LogP contribution in [0.4, 0.5) is 0 Å². The van der Waals surface area contributed by atoms with Crippen molar-refractivity contribution < 1.29 is 27.5 Å². The van der Waals surface area contributed by atoms with Gasteiger partial charge in [-0.05, 0) is 48.7 Å². The summed E-state index contributed by atoms with van der Waals surface area (Å²) in [5.74, 6) is -1.10. The molecule has 0 aliphatic carbocycles. The number of sulfonamides is 1. The molecule has 1 heterocycles. The maximum absolute atomic E-state index is 13.1. The molecule has 8 nitrogen and oxygen atoms in total. The number of methoxy groups -OCH3 is 1. The molecular weight excluding hydrogens is 420 g/mol. The van der Waals surface area contributed by atoms with Gasteiger partial charge >= 0.3 is 5.97 Å². The number of ether oxygens (including phenoxy) is 2. The molecule has 2 aromatic carbocycles. The number of carbonyl (C=O) groups is 2. The first kappa shape index (κ1) is 22.8. The van der Waals surface area contributed by atoms with Crippen LogP contribution in [-0.2, 0) is 21.4 Å². The highest BCUT2D eigenvalue weighted by Gasteiger charge is 2.27. The monoisotopic (exact) mass is 446 g/mol. The van der Waals surface area contributed by atoms with Gasteiger partial charge in [-0.1, -0.05) is 25.0 Å². The van der Waals surface area contributed by atoms with Crippen molar-refractivity contribution in [2.75, 3.05) is 20.2 Å². The Bertz CT molecular complexity index is 1060. The number of carbonyl (C=O) groups excluding carboxylic acids is 2. The normalized spacial score (nSPS) is 15.1. The minimum absolute atomic E-state index is 0.0180. The lowest BCUT2D eigenvalue weighted by atomic mass is 10.1. The van der Waals surface area contributed by atoms with Crippen LogP contribution in [0.25, 0.3) is 0 Å². The zero-order chi connectivity index (χ0) is 22.4. The Balaban J connectivity index is 1.82. The van der Waals surface area contributed by atoms with Gasteiger partial charge in [-0.25, -0.2) is 13.2 Å². The highest BCUT2D eigenvalue weighted by molar-refractivity contribution is 7.89. The van der Waals surface area contributed by atoms with E-state index in [9.17, 15) is 18.0 Å².